The largest absolute Gasteiger partial charge is 0.435 e. The fraction of sp³-hybridized carbons (Fsp3) is 0.333. The van der Waals surface area contributed by atoms with E-state index in [0.29, 0.717) is 23.4 Å². The smallest absolute Gasteiger partial charge is 0.387 e. The van der Waals surface area contributed by atoms with E-state index in [9.17, 15) is 18.4 Å². The Balaban J connectivity index is 1.72. The zero-order valence-electron chi connectivity index (χ0n) is 14.2. The molecule has 1 aromatic heterocycles. The maximum Gasteiger partial charge on any atom is 0.387 e. The summed E-state index contributed by atoms with van der Waals surface area (Å²) in [5.41, 5.74) is 0.669. The lowest BCUT2D eigenvalue weighted by atomic mass is 10.1. The minimum absolute atomic E-state index is 0.0508. The molecule has 8 heteroatoms. The highest BCUT2D eigenvalue weighted by molar-refractivity contribution is 7.12. The first-order valence-electron chi connectivity index (χ1n) is 8.11. The summed E-state index contributed by atoms with van der Waals surface area (Å²) in [5, 5.41) is 7.38. The van der Waals surface area contributed by atoms with E-state index in [0.717, 1.165) is 0 Å². The number of benzene rings is 1. The number of amides is 2. The number of nitrogens with one attached hydrogen (secondary N) is 2. The van der Waals surface area contributed by atoms with Gasteiger partial charge in [-0.2, -0.15) is 8.78 Å². The first-order chi connectivity index (χ1) is 12.5. The van der Waals surface area contributed by atoms with Gasteiger partial charge in [0, 0.05) is 13.0 Å². The molecule has 0 fully saturated rings. The summed E-state index contributed by atoms with van der Waals surface area (Å²) in [5.74, 6) is -0.275. The molecule has 26 heavy (non-hydrogen) atoms. The lowest BCUT2D eigenvalue weighted by Crippen LogP contribution is -2.28. The Morgan fingerprint density at radius 3 is 2.73 bits per heavy atom. The van der Waals surface area contributed by atoms with Crippen molar-refractivity contribution in [2.45, 2.75) is 32.4 Å². The van der Waals surface area contributed by atoms with Crippen molar-refractivity contribution in [1.82, 2.24) is 10.6 Å². The minimum Gasteiger partial charge on any atom is -0.435 e. The van der Waals surface area contributed by atoms with Gasteiger partial charge in [0.05, 0.1) is 10.9 Å². The molecule has 2 N–H and O–H groups in total. The first-order valence-corrected chi connectivity index (χ1v) is 8.99. The Labute approximate surface area is 154 Å². The highest BCUT2D eigenvalue weighted by Gasteiger charge is 2.12. The Hall–Kier alpha value is -2.48. The van der Waals surface area contributed by atoms with Gasteiger partial charge in [0.15, 0.2) is 0 Å². The fourth-order valence-corrected chi connectivity index (χ4v) is 2.94. The molecule has 5 nitrogen and oxygen atoms in total. The van der Waals surface area contributed by atoms with Gasteiger partial charge in [0.25, 0.3) is 5.91 Å². The maximum atomic E-state index is 12.3. The molecule has 1 aromatic carbocycles. The average molecular weight is 382 g/mol. The van der Waals surface area contributed by atoms with Crippen LogP contribution in [0.15, 0.2) is 41.8 Å². The van der Waals surface area contributed by atoms with Crippen LogP contribution in [0.5, 0.6) is 5.75 Å². The van der Waals surface area contributed by atoms with Gasteiger partial charge in [0.2, 0.25) is 5.91 Å². The molecule has 0 aliphatic rings. The van der Waals surface area contributed by atoms with E-state index >= 15 is 0 Å². The molecule has 0 bridgehead atoms. The lowest BCUT2D eigenvalue weighted by molar-refractivity contribution is -0.121. The van der Waals surface area contributed by atoms with E-state index in [4.69, 9.17) is 0 Å². The number of hydrogen-bond acceptors (Lipinski definition) is 4. The van der Waals surface area contributed by atoms with Gasteiger partial charge in [-0.15, -0.1) is 11.3 Å². The van der Waals surface area contributed by atoms with Crippen LogP contribution in [0.4, 0.5) is 8.78 Å². The SMILES string of the molecule is CC(NC(=O)CCCNC(=O)c1cccs1)c1cccc(OC(F)F)c1. The van der Waals surface area contributed by atoms with Gasteiger partial charge in [-0.05, 0) is 42.5 Å². The minimum atomic E-state index is -2.89. The number of halogens is 2. The Morgan fingerprint density at radius 2 is 2.04 bits per heavy atom. The summed E-state index contributed by atoms with van der Waals surface area (Å²) in [6.45, 7) is -0.728. The molecule has 0 aliphatic heterocycles. The third kappa shape index (κ3) is 6.44. The Kier molecular flexibility index (Phi) is 7.53. The van der Waals surface area contributed by atoms with Gasteiger partial charge in [-0.3, -0.25) is 9.59 Å². The van der Waals surface area contributed by atoms with Crippen molar-refractivity contribution in [2.24, 2.45) is 0 Å². The number of carbonyl (C=O) groups excluding carboxylic acids is 2. The average Bonchev–Trinajstić information content (AvgIpc) is 3.13. The third-order valence-electron chi connectivity index (χ3n) is 3.57. The molecule has 0 radical (unpaired) electrons. The van der Waals surface area contributed by atoms with Crippen LogP contribution in [0.3, 0.4) is 0 Å². The molecular weight excluding hydrogens is 362 g/mol. The summed E-state index contributed by atoms with van der Waals surface area (Å²) in [4.78, 5) is 24.4. The van der Waals surface area contributed by atoms with Crippen molar-refractivity contribution in [3.63, 3.8) is 0 Å². The molecule has 1 unspecified atom stereocenters. The monoisotopic (exact) mass is 382 g/mol. The summed E-state index contributed by atoms with van der Waals surface area (Å²) in [6, 6.07) is 9.42. The molecular formula is C18H20F2N2O3S. The van der Waals surface area contributed by atoms with Crippen LogP contribution in [0.25, 0.3) is 0 Å². The summed E-state index contributed by atoms with van der Waals surface area (Å²) < 4.78 is 28.9. The van der Waals surface area contributed by atoms with Gasteiger partial charge >= 0.3 is 6.61 Å². The van der Waals surface area contributed by atoms with E-state index in [1.54, 1.807) is 31.2 Å². The van der Waals surface area contributed by atoms with Crippen molar-refractivity contribution in [3.05, 3.63) is 52.2 Å². The predicted octanol–water partition coefficient (Wildman–Crippen LogP) is 3.74. The van der Waals surface area contributed by atoms with Gasteiger partial charge in [0.1, 0.15) is 5.75 Å². The summed E-state index contributed by atoms with van der Waals surface area (Å²) in [7, 11) is 0. The highest BCUT2D eigenvalue weighted by atomic mass is 32.1. The standard InChI is InChI=1S/C18H20F2N2O3S/c1-12(13-5-2-6-14(11-13)25-18(19)20)22-16(23)8-3-9-21-17(24)15-7-4-10-26-15/h2,4-7,10-12,18H,3,8-9H2,1H3,(H,21,24)(H,22,23). The van der Waals surface area contributed by atoms with Crippen LogP contribution >= 0.6 is 11.3 Å². The highest BCUT2D eigenvalue weighted by Crippen LogP contribution is 2.20. The summed E-state index contributed by atoms with van der Waals surface area (Å²) in [6.07, 6.45) is 0.756. The zero-order valence-corrected chi connectivity index (χ0v) is 15.0. The van der Waals surface area contributed by atoms with Gasteiger partial charge in [-0.25, -0.2) is 0 Å². The Bertz CT molecular complexity index is 723. The number of carbonyl (C=O) groups is 2. The molecule has 2 amide bonds. The number of hydrogen-bond donors (Lipinski definition) is 2. The topological polar surface area (TPSA) is 67.4 Å². The Morgan fingerprint density at radius 1 is 1.23 bits per heavy atom. The van der Waals surface area contributed by atoms with E-state index in [1.165, 1.54) is 23.5 Å². The molecule has 0 aliphatic carbocycles. The van der Waals surface area contributed by atoms with Crippen LogP contribution in [0.1, 0.15) is 41.0 Å². The molecule has 1 heterocycles. The molecule has 140 valence electrons. The van der Waals surface area contributed by atoms with E-state index < -0.39 is 6.61 Å². The molecule has 0 saturated carbocycles. The summed E-state index contributed by atoms with van der Waals surface area (Å²) >= 11 is 1.36. The van der Waals surface area contributed by atoms with E-state index in [-0.39, 0.29) is 30.0 Å². The van der Waals surface area contributed by atoms with Crippen molar-refractivity contribution in [1.29, 1.82) is 0 Å². The van der Waals surface area contributed by atoms with Gasteiger partial charge in [-0.1, -0.05) is 18.2 Å². The van der Waals surface area contributed by atoms with Crippen molar-refractivity contribution in [2.75, 3.05) is 6.54 Å². The van der Waals surface area contributed by atoms with Gasteiger partial charge < -0.3 is 15.4 Å². The lowest BCUT2D eigenvalue weighted by Gasteiger charge is -2.15. The first kappa shape index (κ1) is 19.8. The quantitative estimate of drug-likeness (QED) is 0.650. The predicted molar refractivity (Wildman–Crippen MR) is 95.5 cm³/mol. The van der Waals surface area contributed by atoms with E-state index in [2.05, 4.69) is 15.4 Å². The van der Waals surface area contributed by atoms with Crippen molar-refractivity contribution in [3.8, 4) is 5.75 Å². The molecule has 0 spiro atoms. The molecule has 2 aromatic rings. The van der Waals surface area contributed by atoms with Crippen molar-refractivity contribution >= 4 is 23.2 Å². The normalized spacial score (nSPS) is 11.8. The third-order valence-corrected chi connectivity index (χ3v) is 4.44. The van der Waals surface area contributed by atoms with Crippen molar-refractivity contribution < 1.29 is 23.1 Å². The second-order valence-electron chi connectivity index (χ2n) is 5.58. The number of alkyl halides is 2. The molecule has 1 atom stereocenters. The van der Waals surface area contributed by atoms with E-state index in [1.807, 2.05) is 5.38 Å². The number of ether oxygens (including phenoxy) is 1. The van der Waals surface area contributed by atoms with Crippen LogP contribution in [-0.2, 0) is 4.79 Å². The molecule has 2 rings (SSSR count). The fourth-order valence-electron chi connectivity index (χ4n) is 2.30. The maximum absolute atomic E-state index is 12.3. The van der Waals surface area contributed by atoms with Crippen LogP contribution < -0.4 is 15.4 Å². The van der Waals surface area contributed by atoms with Crippen LogP contribution in [0.2, 0.25) is 0 Å². The molecule has 0 saturated heterocycles. The van der Waals surface area contributed by atoms with Crippen LogP contribution in [-0.4, -0.2) is 25.0 Å². The number of rotatable bonds is 9. The zero-order chi connectivity index (χ0) is 18.9. The number of thiophene rings is 1. The second-order valence-corrected chi connectivity index (χ2v) is 6.52. The second kappa shape index (κ2) is 9.86. The van der Waals surface area contributed by atoms with Crippen LogP contribution in [0, 0.1) is 0 Å².